The normalized spacial score (nSPS) is 8.57. The van der Waals surface area contributed by atoms with Crippen molar-refractivity contribution in [3.63, 3.8) is 0 Å². The zero-order valence-corrected chi connectivity index (χ0v) is 7.49. The van der Waals surface area contributed by atoms with Crippen LogP contribution in [0.1, 0.15) is 2.85 Å². The van der Waals surface area contributed by atoms with Crippen molar-refractivity contribution < 1.29 is 37.2 Å². The van der Waals surface area contributed by atoms with Gasteiger partial charge < -0.3 is 8.33 Å². The fourth-order valence-electron chi connectivity index (χ4n) is 0. The van der Waals surface area contributed by atoms with Crippen LogP contribution in [0.25, 0.3) is 0 Å². The molecule has 0 aromatic carbocycles. The molecule has 3 N–H and O–H groups in total. The number of hydrogen-bond acceptors (Lipinski definition) is 4. The van der Waals surface area contributed by atoms with E-state index in [4.69, 9.17) is 18.6 Å². The summed E-state index contributed by atoms with van der Waals surface area (Å²) < 4.78 is 32.7. The first-order chi connectivity index (χ1) is 2.00. The van der Waals surface area contributed by atoms with Gasteiger partial charge in [-0.2, -0.15) is 14.0 Å². The van der Waals surface area contributed by atoms with Gasteiger partial charge in [-0.1, -0.05) is 0 Å². The summed E-state index contributed by atoms with van der Waals surface area (Å²) in [5, 5.41) is 0. The minimum Gasteiger partial charge on any atom is -1.00 e. The Labute approximate surface area is 81.9 Å². The largest absolute Gasteiger partial charge is 2.00 e. The minimum absolute atomic E-state index is 0. The van der Waals surface area contributed by atoms with Crippen molar-refractivity contribution in [2.45, 2.75) is 0 Å². The fraction of sp³-hybridized carbons (Fsp3) is 0. The predicted octanol–water partition coefficient (Wildman–Crippen LogP) is -5.10. The molecule has 7 heavy (non-hydrogen) atoms. The molecule has 0 unspecified atom stereocenters. The molecule has 0 aliphatic rings. The van der Waals surface area contributed by atoms with Gasteiger partial charge in [0.2, 0.25) is 0 Å². The van der Waals surface area contributed by atoms with Crippen molar-refractivity contribution in [2.75, 3.05) is 0 Å². The van der Waals surface area contributed by atoms with Crippen molar-refractivity contribution in [1.82, 2.24) is 0 Å². The van der Waals surface area contributed by atoms with Crippen molar-refractivity contribution >= 4 is 45.5 Å². The molecule has 0 radical (unpaired) electrons. The van der Waals surface area contributed by atoms with Gasteiger partial charge in [0.1, 0.15) is 0 Å². The SMILES string of the molecule is O.[H-].[H-].[O-][Cl+3]([O-])([O-])O.[Sr+2]. The van der Waals surface area contributed by atoms with E-state index in [1.54, 1.807) is 0 Å². The topological polar surface area (TPSA) is 121 Å². The Kier molecular flexibility index (Phi) is 12.9. The molecule has 0 aliphatic heterocycles. The van der Waals surface area contributed by atoms with Gasteiger partial charge >= 0.3 is 45.5 Å². The molecule has 0 aromatic rings. The molecule has 0 heterocycles. The monoisotopic (exact) mass is 208 g/mol. The van der Waals surface area contributed by atoms with Crippen LogP contribution >= 0.6 is 0 Å². The molecule has 7 heteroatoms. The average molecular weight is 208 g/mol. The standard InChI is InChI=1S/ClHO4.H2O.Sr.2H/c2-1(3,4)5;;;;/h(H,2,3,4,5);1H2;;;/q;;+2;2*-1. The summed E-state index contributed by atoms with van der Waals surface area (Å²) in [5.41, 5.74) is 0. The second kappa shape index (κ2) is 5.70. The Morgan fingerprint density at radius 3 is 1.29 bits per heavy atom. The van der Waals surface area contributed by atoms with Gasteiger partial charge in [0.25, 0.3) is 0 Å². The van der Waals surface area contributed by atoms with Gasteiger partial charge in [-0.05, 0) is 0 Å². The average Bonchev–Trinajstić information content (AvgIpc) is 0.722. The van der Waals surface area contributed by atoms with Crippen LogP contribution in [-0.4, -0.2) is 55.6 Å². The van der Waals surface area contributed by atoms with E-state index in [9.17, 15) is 0 Å². The molecule has 0 rings (SSSR count). The molecule has 0 bridgehead atoms. The van der Waals surface area contributed by atoms with Gasteiger partial charge in [0, 0.05) is 0 Å². The number of hydrogen-bond donors (Lipinski definition) is 1. The Morgan fingerprint density at radius 2 is 1.29 bits per heavy atom. The first kappa shape index (κ1) is 15.8. The molecular formula is H5ClO5Sr. The third kappa shape index (κ3) is 95.2. The summed E-state index contributed by atoms with van der Waals surface area (Å²) in [6.07, 6.45) is 0. The Morgan fingerprint density at radius 1 is 1.29 bits per heavy atom. The summed E-state index contributed by atoms with van der Waals surface area (Å²) in [6, 6.07) is 0. The van der Waals surface area contributed by atoms with E-state index in [-0.39, 0.29) is 53.8 Å². The third-order valence-corrected chi connectivity index (χ3v) is 0. The van der Waals surface area contributed by atoms with E-state index in [1.807, 2.05) is 0 Å². The van der Waals surface area contributed by atoms with E-state index >= 15 is 0 Å². The van der Waals surface area contributed by atoms with Gasteiger partial charge in [-0.15, -0.1) is 0 Å². The van der Waals surface area contributed by atoms with E-state index in [2.05, 4.69) is 0 Å². The zero-order chi connectivity index (χ0) is 4.50. The molecule has 0 spiro atoms. The molecule has 0 saturated carbocycles. The smallest absolute Gasteiger partial charge is 1.00 e. The molecule has 0 amide bonds. The second-order valence-electron chi connectivity index (χ2n) is 0.396. The first-order valence-corrected chi connectivity index (χ1v) is 1.90. The van der Waals surface area contributed by atoms with Crippen LogP contribution in [0.4, 0.5) is 0 Å². The van der Waals surface area contributed by atoms with Crippen LogP contribution in [0.5, 0.6) is 0 Å². The van der Waals surface area contributed by atoms with Crippen LogP contribution in [0.15, 0.2) is 0 Å². The maximum absolute atomic E-state index is 8.60. The molecule has 44 valence electrons. The Bertz CT molecular complexity index is 30.4. The van der Waals surface area contributed by atoms with Crippen molar-refractivity contribution in [3.05, 3.63) is 0 Å². The number of halogens is 1. The summed E-state index contributed by atoms with van der Waals surface area (Å²) >= 11 is 0. The van der Waals surface area contributed by atoms with Crippen LogP contribution in [0.2, 0.25) is 0 Å². The summed E-state index contributed by atoms with van der Waals surface area (Å²) in [5.74, 6) is 0. The van der Waals surface area contributed by atoms with Crippen molar-refractivity contribution in [3.8, 4) is 0 Å². The molecule has 0 aliphatic carbocycles. The van der Waals surface area contributed by atoms with Crippen LogP contribution in [0.3, 0.4) is 0 Å². The predicted molar refractivity (Wildman–Crippen MR) is 13.8 cm³/mol. The molecular weight excluding hydrogens is 203 g/mol. The van der Waals surface area contributed by atoms with Gasteiger partial charge in [-0.3, -0.25) is 0 Å². The van der Waals surface area contributed by atoms with Gasteiger partial charge in [0.05, 0.1) is 14.9 Å². The first-order valence-electron chi connectivity index (χ1n) is 0.632. The van der Waals surface area contributed by atoms with Crippen molar-refractivity contribution in [2.24, 2.45) is 0 Å². The Balaban J connectivity index is -0.0000000133. The van der Waals surface area contributed by atoms with Crippen molar-refractivity contribution in [1.29, 1.82) is 0 Å². The molecule has 0 saturated heterocycles. The second-order valence-corrected chi connectivity index (χ2v) is 1.19. The zero-order valence-electron chi connectivity index (χ0n) is 5.26. The molecule has 0 atom stereocenters. The van der Waals surface area contributed by atoms with E-state index < -0.39 is 10.2 Å². The molecule has 0 aromatic heterocycles. The molecule has 5 nitrogen and oxygen atoms in total. The maximum atomic E-state index is 8.60. The van der Waals surface area contributed by atoms with Crippen LogP contribution in [0, 0.1) is 10.2 Å². The number of rotatable bonds is 0. The quantitative estimate of drug-likeness (QED) is 0.400. The summed E-state index contributed by atoms with van der Waals surface area (Å²) in [4.78, 5) is 0. The Hall–Kier alpha value is 1.57. The van der Waals surface area contributed by atoms with E-state index in [0.717, 1.165) is 0 Å². The van der Waals surface area contributed by atoms with Crippen LogP contribution < -0.4 is 14.0 Å². The van der Waals surface area contributed by atoms with Gasteiger partial charge in [-0.25, -0.2) is 0 Å². The fourth-order valence-corrected chi connectivity index (χ4v) is 0. The maximum Gasteiger partial charge on any atom is 2.00 e. The van der Waals surface area contributed by atoms with Gasteiger partial charge in [0.15, 0.2) is 0 Å². The summed E-state index contributed by atoms with van der Waals surface area (Å²) in [7, 11) is -4.69. The summed E-state index contributed by atoms with van der Waals surface area (Å²) in [6.45, 7) is 0. The van der Waals surface area contributed by atoms with E-state index in [1.165, 1.54) is 0 Å². The minimum atomic E-state index is -4.69. The van der Waals surface area contributed by atoms with E-state index in [0.29, 0.717) is 0 Å². The molecule has 0 fully saturated rings. The van der Waals surface area contributed by atoms with Crippen LogP contribution in [-0.2, 0) is 0 Å². The third-order valence-electron chi connectivity index (χ3n) is 0.